The van der Waals surface area contributed by atoms with E-state index in [0.29, 0.717) is 72.6 Å². The molecule has 0 atom stereocenters. The van der Waals surface area contributed by atoms with Crippen molar-refractivity contribution in [2.45, 2.75) is 57.2 Å². The number of carbonyl (C=O) groups is 1. The third-order valence-electron chi connectivity index (χ3n) is 6.72. The number of H-pyrrole nitrogens is 1. The summed E-state index contributed by atoms with van der Waals surface area (Å²) in [6.07, 6.45) is 5.53. The number of fused-ring (bicyclic) bond motifs is 1. The molecule has 3 aromatic rings. The zero-order valence-electron chi connectivity index (χ0n) is 19.8. The number of nitrogens with zero attached hydrogens (tertiary/aromatic N) is 4. The van der Waals surface area contributed by atoms with Gasteiger partial charge in [0.1, 0.15) is 23.6 Å². The molecule has 2 aromatic heterocycles. The number of aromatic amines is 1. The number of hydrogen-bond acceptors (Lipinski definition) is 8. The minimum Gasteiger partial charge on any atom is -0.494 e. The lowest BCUT2D eigenvalue weighted by molar-refractivity contribution is -0.117. The van der Waals surface area contributed by atoms with Gasteiger partial charge in [0.25, 0.3) is 0 Å². The molecule has 0 spiro atoms. The number of methoxy groups -OCH3 is 1. The Morgan fingerprint density at radius 2 is 2.11 bits per heavy atom. The maximum Gasteiger partial charge on any atom is 0.232 e. The highest BCUT2D eigenvalue weighted by molar-refractivity contribution is 5.96. The van der Waals surface area contributed by atoms with Crippen molar-refractivity contribution in [3.05, 3.63) is 30.0 Å². The van der Waals surface area contributed by atoms with E-state index in [4.69, 9.17) is 9.47 Å². The van der Waals surface area contributed by atoms with Crippen LogP contribution in [0.3, 0.4) is 0 Å². The van der Waals surface area contributed by atoms with Gasteiger partial charge >= 0.3 is 0 Å². The molecular formula is C25H28N6O4. The van der Waals surface area contributed by atoms with Crippen molar-refractivity contribution in [1.82, 2.24) is 15.0 Å². The number of aliphatic hydroxyl groups is 1. The Bertz CT molecular complexity index is 1300. The molecule has 10 heteroatoms. The first-order valence-corrected chi connectivity index (χ1v) is 11.8. The van der Waals surface area contributed by atoms with E-state index in [9.17, 15) is 15.2 Å². The average molecular weight is 477 g/mol. The third kappa shape index (κ3) is 4.59. The predicted molar refractivity (Wildman–Crippen MR) is 130 cm³/mol. The van der Waals surface area contributed by atoms with Crippen LogP contribution in [0.2, 0.25) is 0 Å². The average Bonchev–Trinajstić information content (AvgIpc) is 3.46. The fraction of sp³-hybridized carbons (Fsp3) is 0.440. The van der Waals surface area contributed by atoms with Crippen molar-refractivity contribution in [3.8, 4) is 17.7 Å². The summed E-state index contributed by atoms with van der Waals surface area (Å²) in [5.41, 5.74) is 1.62. The summed E-state index contributed by atoms with van der Waals surface area (Å²) in [6.45, 7) is 2.53. The fourth-order valence-electron chi connectivity index (χ4n) is 4.71. The molecule has 182 valence electrons. The lowest BCUT2D eigenvalue weighted by Gasteiger charge is -2.33. The highest BCUT2D eigenvalue weighted by Gasteiger charge is 2.31. The Kier molecular flexibility index (Phi) is 5.94. The van der Waals surface area contributed by atoms with E-state index in [1.54, 1.807) is 18.2 Å². The second kappa shape index (κ2) is 9.07. The Labute approximate surface area is 202 Å². The number of rotatable bonds is 6. The van der Waals surface area contributed by atoms with E-state index >= 15 is 0 Å². The van der Waals surface area contributed by atoms with Crippen molar-refractivity contribution in [2.75, 3.05) is 23.9 Å². The van der Waals surface area contributed by atoms with Crippen molar-refractivity contribution < 1.29 is 19.4 Å². The van der Waals surface area contributed by atoms with Gasteiger partial charge in [-0.1, -0.05) is 0 Å². The summed E-state index contributed by atoms with van der Waals surface area (Å²) in [5, 5.41) is 23.5. The fourth-order valence-corrected chi connectivity index (χ4v) is 4.71. The first-order chi connectivity index (χ1) is 16.9. The van der Waals surface area contributed by atoms with Crippen LogP contribution in [-0.4, -0.2) is 51.3 Å². The summed E-state index contributed by atoms with van der Waals surface area (Å²) >= 11 is 0. The van der Waals surface area contributed by atoms with E-state index in [2.05, 4.69) is 26.3 Å². The molecule has 0 unspecified atom stereocenters. The molecule has 2 aliphatic rings. The van der Waals surface area contributed by atoms with E-state index in [0.717, 1.165) is 12.1 Å². The number of carbonyl (C=O) groups excluding carboxylic acids is 1. The second-order valence-electron chi connectivity index (χ2n) is 9.36. The highest BCUT2D eigenvalue weighted by Crippen LogP contribution is 2.36. The van der Waals surface area contributed by atoms with Crippen LogP contribution in [0.1, 0.15) is 51.0 Å². The standard InChI is InChI=1S/C25H28N6O4/c1-25(33)9-7-17(8-10-25)35-23-21-15(13-26)14-27-22(21)29-24(30-23)28-18-6-5-16(12-19(18)34-2)31-11-3-4-20(31)32/h5-6,12,14,17,33H,3-4,7-11H2,1-2H3,(H2,27,28,29,30). The first-order valence-electron chi connectivity index (χ1n) is 11.8. The van der Waals surface area contributed by atoms with E-state index < -0.39 is 5.60 Å². The van der Waals surface area contributed by atoms with Gasteiger partial charge in [0, 0.05) is 30.9 Å². The molecule has 1 amide bonds. The molecule has 1 aliphatic heterocycles. The maximum absolute atomic E-state index is 12.1. The van der Waals surface area contributed by atoms with E-state index in [-0.39, 0.29) is 18.0 Å². The topological polar surface area (TPSA) is 136 Å². The van der Waals surface area contributed by atoms with Gasteiger partial charge in [0.15, 0.2) is 0 Å². The van der Waals surface area contributed by atoms with Crippen LogP contribution in [0.25, 0.3) is 11.0 Å². The van der Waals surface area contributed by atoms with Crippen LogP contribution < -0.4 is 19.7 Å². The highest BCUT2D eigenvalue weighted by atomic mass is 16.5. The Morgan fingerprint density at radius 1 is 1.31 bits per heavy atom. The van der Waals surface area contributed by atoms with Crippen molar-refractivity contribution in [3.63, 3.8) is 0 Å². The van der Waals surface area contributed by atoms with Gasteiger partial charge in [-0.25, -0.2) is 0 Å². The van der Waals surface area contributed by atoms with Gasteiger partial charge in [-0.05, 0) is 51.2 Å². The molecule has 0 bridgehead atoms. The Balaban J connectivity index is 1.45. The van der Waals surface area contributed by atoms with E-state index in [1.807, 2.05) is 25.1 Å². The van der Waals surface area contributed by atoms with Gasteiger partial charge in [-0.3, -0.25) is 4.79 Å². The summed E-state index contributed by atoms with van der Waals surface area (Å²) in [5.74, 6) is 1.25. The molecule has 1 aliphatic carbocycles. The van der Waals surface area contributed by atoms with Crippen molar-refractivity contribution >= 4 is 34.3 Å². The summed E-state index contributed by atoms with van der Waals surface area (Å²) in [7, 11) is 1.57. The van der Waals surface area contributed by atoms with Crippen LogP contribution in [0, 0.1) is 11.3 Å². The largest absolute Gasteiger partial charge is 0.494 e. The Morgan fingerprint density at radius 3 is 2.80 bits per heavy atom. The van der Waals surface area contributed by atoms with Crippen molar-refractivity contribution in [2.24, 2.45) is 0 Å². The zero-order valence-corrected chi connectivity index (χ0v) is 19.8. The number of hydrogen-bond donors (Lipinski definition) is 3. The molecule has 10 nitrogen and oxygen atoms in total. The quantitative estimate of drug-likeness (QED) is 0.489. The second-order valence-corrected chi connectivity index (χ2v) is 9.36. The van der Waals surface area contributed by atoms with E-state index in [1.165, 1.54) is 0 Å². The van der Waals surface area contributed by atoms with Crippen LogP contribution in [0.5, 0.6) is 11.6 Å². The maximum atomic E-state index is 12.1. The number of nitriles is 1. The van der Waals surface area contributed by atoms with Gasteiger partial charge < -0.3 is 29.8 Å². The summed E-state index contributed by atoms with van der Waals surface area (Å²) in [6, 6.07) is 7.67. The molecule has 1 aromatic carbocycles. The minimum atomic E-state index is -0.679. The molecular weight excluding hydrogens is 448 g/mol. The van der Waals surface area contributed by atoms with Crippen LogP contribution in [0.15, 0.2) is 24.4 Å². The molecule has 35 heavy (non-hydrogen) atoms. The first kappa shape index (κ1) is 22.9. The van der Waals surface area contributed by atoms with Crippen LogP contribution >= 0.6 is 0 Å². The van der Waals surface area contributed by atoms with Gasteiger partial charge in [0.2, 0.25) is 17.7 Å². The summed E-state index contributed by atoms with van der Waals surface area (Å²) in [4.78, 5) is 26.0. The van der Waals surface area contributed by atoms with Gasteiger partial charge in [-0.2, -0.15) is 15.2 Å². The Hall–Kier alpha value is -3.84. The zero-order chi connectivity index (χ0) is 24.6. The SMILES string of the molecule is COc1cc(N2CCCC2=O)ccc1Nc1nc(OC2CCC(C)(O)CC2)c2c(C#N)c[nH]c2n1. The normalized spacial score (nSPS) is 22.3. The smallest absolute Gasteiger partial charge is 0.232 e. The molecule has 5 rings (SSSR count). The molecule has 3 N–H and O–H groups in total. The number of ether oxygens (including phenoxy) is 2. The number of anilines is 3. The number of aromatic nitrogens is 3. The number of nitrogens with one attached hydrogen (secondary N) is 2. The molecule has 1 saturated heterocycles. The van der Waals surface area contributed by atoms with Gasteiger partial charge in [0.05, 0.1) is 29.3 Å². The lowest BCUT2D eigenvalue weighted by atomic mass is 9.85. The molecule has 3 heterocycles. The minimum absolute atomic E-state index is 0.104. The monoisotopic (exact) mass is 476 g/mol. The molecule has 2 fully saturated rings. The van der Waals surface area contributed by atoms with Crippen LogP contribution in [0.4, 0.5) is 17.3 Å². The van der Waals surface area contributed by atoms with Crippen molar-refractivity contribution in [1.29, 1.82) is 5.26 Å². The van der Waals surface area contributed by atoms with Gasteiger partial charge in [-0.15, -0.1) is 0 Å². The van der Waals surface area contributed by atoms with Crippen LogP contribution in [-0.2, 0) is 4.79 Å². The lowest BCUT2D eigenvalue weighted by Crippen LogP contribution is -2.35. The molecule has 1 saturated carbocycles. The third-order valence-corrected chi connectivity index (χ3v) is 6.72. The number of amides is 1. The summed E-state index contributed by atoms with van der Waals surface area (Å²) < 4.78 is 11.8. The predicted octanol–water partition coefficient (Wildman–Crippen LogP) is 3.78. The number of benzene rings is 1. The molecule has 0 radical (unpaired) electrons.